The van der Waals surface area contributed by atoms with Crippen molar-refractivity contribution in [1.29, 1.82) is 0 Å². The number of nitrogens with zero attached hydrogens (tertiary/aromatic N) is 2. The van der Waals surface area contributed by atoms with Gasteiger partial charge >= 0.3 is 0 Å². The fourth-order valence-electron chi connectivity index (χ4n) is 2.31. The van der Waals surface area contributed by atoms with Gasteiger partial charge in [-0.05, 0) is 36.7 Å². The van der Waals surface area contributed by atoms with E-state index in [0.29, 0.717) is 11.3 Å². The molecular formula is C11H16N2. The molecule has 0 amide bonds. The van der Waals surface area contributed by atoms with Crippen LogP contribution in [0, 0.1) is 5.41 Å². The van der Waals surface area contributed by atoms with Gasteiger partial charge in [0.2, 0.25) is 0 Å². The molecule has 0 unspecified atom stereocenters. The summed E-state index contributed by atoms with van der Waals surface area (Å²) < 4.78 is 2.24. The second kappa shape index (κ2) is 2.17. The monoisotopic (exact) mass is 176 g/mol. The van der Waals surface area contributed by atoms with Gasteiger partial charge in [0.15, 0.2) is 0 Å². The van der Waals surface area contributed by atoms with E-state index in [0.717, 1.165) is 0 Å². The first-order valence-electron chi connectivity index (χ1n) is 5.25. The van der Waals surface area contributed by atoms with Gasteiger partial charge in [-0.3, -0.25) is 4.68 Å². The molecule has 1 aromatic heterocycles. The Hall–Kier alpha value is -0.790. The lowest BCUT2D eigenvalue weighted by molar-refractivity contribution is 0.467. The molecule has 2 heterocycles. The van der Waals surface area contributed by atoms with Gasteiger partial charge in [-0.25, -0.2) is 0 Å². The zero-order valence-corrected chi connectivity index (χ0v) is 8.38. The molecule has 3 rings (SSSR count). The van der Waals surface area contributed by atoms with Crippen molar-refractivity contribution < 1.29 is 0 Å². The van der Waals surface area contributed by atoms with E-state index in [1.165, 1.54) is 37.2 Å². The predicted molar refractivity (Wildman–Crippen MR) is 51.7 cm³/mol. The molecule has 2 aliphatic rings. The van der Waals surface area contributed by atoms with Crippen LogP contribution in [0.1, 0.15) is 44.0 Å². The van der Waals surface area contributed by atoms with Crippen molar-refractivity contribution in [2.45, 2.75) is 45.6 Å². The SMILES string of the molecule is CC(C)c1cc2n(n1)CC1(CC1)C2. The van der Waals surface area contributed by atoms with Gasteiger partial charge in [0.25, 0.3) is 0 Å². The van der Waals surface area contributed by atoms with Crippen molar-refractivity contribution in [2.24, 2.45) is 5.41 Å². The third-order valence-corrected chi connectivity index (χ3v) is 3.47. The zero-order chi connectivity index (χ0) is 9.05. The number of rotatable bonds is 1. The molecule has 0 N–H and O–H groups in total. The minimum absolute atomic E-state index is 0.577. The smallest absolute Gasteiger partial charge is 0.0652 e. The Morgan fingerprint density at radius 3 is 2.77 bits per heavy atom. The fraction of sp³-hybridized carbons (Fsp3) is 0.727. The first kappa shape index (κ1) is 7.60. The molecule has 1 spiro atoms. The maximum atomic E-state index is 4.64. The van der Waals surface area contributed by atoms with Crippen molar-refractivity contribution in [2.75, 3.05) is 0 Å². The van der Waals surface area contributed by atoms with Crippen LogP contribution in [0.3, 0.4) is 0 Å². The van der Waals surface area contributed by atoms with Crippen molar-refractivity contribution in [3.05, 3.63) is 17.5 Å². The molecular weight excluding hydrogens is 160 g/mol. The highest BCUT2D eigenvalue weighted by Crippen LogP contribution is 2.53. The van der Waals surface area contributed by atoms with Gasteiger partial charge in [0, 0.05) is 12.2 Å². The molecule has 0 atom stereocenters. The topological polar surface area (TPSA) is 17.8 Å². The van der Waals surface area contributed by atoms with E-state index in [1.807, 2.05) is 0 Å². The van der Waals surface area contributed by atoms with Crippen molar-refractivity contribution in [3.8, 4) is 0 Å². The molecule has 1 aliphatic heterocycles. The molecule has 1 saturated carbocycles. The van der Waals surface area contributed by atoms with Crippen LogP contribution in [-0.2, 0) is 13.0 Å². The third kappa shape index (κ3) is 1.04. The van der Waals surface area contributed by atoms with E-state index in [4.69, 9.17) is 0 Å². The Bertz CT molecular complexity index is 319. The van der Waals surface area contributed by atoms with E-state index in [1.54, 1.807) is 0 Å². The van der Waals surface area contributed by atoms with Crippen molar-refractivity contribution >= 4 is 0 Å². The Balaban J connectivity index is 1.93. The average Bonchev–Trinajstić information content (AvgIpc) is 2.49. The van der Waals surface area contributed by atoms with Crippen LogP contribution in [-0.4, -0.2) is 9.78 Å². The lowest BCUT2D eigenvalue weighted by atomic mass is 10.0. The summed E-state index contributed by atoms with van der Waals surface area (Å²) in [7, 11) is 0. The Morgan fingerprint density at radius 1 is 1.46 bits per heavy atom. The lowest BCUT2D eigenvalue weighted by Gasteiger charge is -2.03. The zero-order valence-electron chi connectivity index (χ0n) is 8.38. The molecule has 1 fully saturated rings. The summed E-state index contributed by atoms with van der Waals surface area (Å²) in [6.07, 6.45) is 4.13. The fourth-order valence-corrected chi connectivity index (χ4v) is 2.31. The van der Waals surface area contributed by atoms with Crippen LogP contribution < -0.4 is 0 Å². The van der Waals surface area contributed by atoms with Crippen LogP contribution in [0.25, 0.3) is 0 Å². The van der Waals surface area contributed by atoms with E-state index >= 15 is 0 Å². The van der Waals surface area contributed by atoms with E-state index in [-0.39, 0.29) is 0 Å². The summed E-state index contributed by atoms with van der Waals surface area (Å²) in [5, 5.41) is 4.64. The summed E-state index contributed by atoms with van der Waals surface area (Å²) in [6, 6.07) is 2.30. The van der Waals surface area contributed by atoms with Gasteiger partial charge in [-0.1, -0.05) is 13.8 Å². The van der Waals surface area contributed by atoms with E-state index in [9.17, 15) is 0 Å². The summed E-state index contributed by atoms with van der Waals surface area (Å²) in [6.45, 7) is 5.62. The van der Waals surface area contributed by atoms with Crippen LogP contribution in [0.15, 0.2) is 6.07 Å². The Kier molecular flexibility index (Phi) is 1.27. The summed E-state index contributed by atoms with van der Waals surface area (Å²) in [5.74, 6) is 0.577. The molecule has 0 bridgehead atoms. The highest BCUT2D eigenvalue weighted by Gasteiger charge is 2.48. The maximum Gasteiger partial charge on any atom is 0.0652 e. The first-order chi connectivity index (χ1) is 6.19. The lowest BCUT2D eigenvalue weighted by Crippen LogP contribution is -2.04. The van der Waals surface area contributed by atoms with Crippen molar-refractivity contribution in [1.82, 2.24) is 9.78 Å². The number of fused-ring (bicyclic) bond motifs is 1. The molecule has 0 radical (unpaired) electrons. The quantitative estimate of drug-likeness (QED) is 0.642. The van der Waals surface area contributed by atoms with Gasteiger partial charge in [0.1, 0.15) is 0 Å². The summed E-state index contributed by atoms with van der Waals surface area (Å²) in [4.78, 5) is 0. The minimum atomic E-state index is 0.577. The summed E-state index contributed by atoms with van der Waals surface area (Å²) in [5.41, 5.74) is 3.41. The number of hydrogen-bond donors (Lipinski definition) is 0. The van der Waals surface area contributed by atoms with Gasteiger partial charge in [-0.15, -0.1) is 0 Å². The number of hydrogen-bond acceptors (Lipinski definition) is 1. The molecule has 13 heavy (non-hydrogen) atoms. The third-order valence-electron chi connectivity index (χ3n) is 3.47. The predicted octanol–water partition coefficient (Wildman–Crippen LogP) is 2.34. The molecule has 0 aromatic carbocycles. The highest BCUT2D eigenvalue weighted by atomic mass is 15.3. The second-order valence-corrected chi connectivity index (χ2v) is 5.05. The van der Waals surface area contributed by atoms with E-state index in [2.05, 4.69) is 29.7 Å². The van der Waals surface area contributed by atoms with Gasteiger partial charge < -0.3 is 0 Å². The van der Waals surface area contributed by atoms with Crippen LogP contribution in [0.2, 0.25) is 0 Å². The normalized spacial score (nSPS) is 22.7. The molecule has 1 aromatic rings. The standard InChI is InChI=1S/C11H16N2/c1-8(2)10-5-9-6-11(3-4-11)7-13(9)12-10/h5,8H,3-4,6-7H2,1-2H3. The molecule has 70 valence electrons. The van der Waals surface area contributed by atoms with Gasteiger partial charge in [-0.2, -0.15) is 5.10 Å². The molecule has 0 saturated heterocycles. The van der Waals surface area contributed by atoms with Crippen LogP contribution in [0.4, 0.5) is 0 Å². The molecule has 1 aliphatic carbocycles. The minimum Gasteiger partial charge on any atom is -0.269 e. The van der Waals surface area contributed by atoms with Gasteiger partial charge in [0.05, 0.1) is 5.69 Å². The highest BCUT2D eigenvalue weighted by molar-refractivity contribution is 5.21. The van der Waals surface area contributed by atoms with Crippen LogP contribution >= 0.6 is 0 Å². The summed E-state index contributed by atoms with van der Waals surface area (Å²) >= 11 is 0. The van der Waals surface area contributed by atoms with E-state index < -0.39 is 0 Å². The largest absolute Gasteiger partial charge is 0.269 e. The average molecular weight is 176 g/mol. The van der Waals surface area contributed by atoms with Crippen molar-refractivity contribution in [3.63, 3.8) is 0 Å². The van der Waals surface area contributed by atoms with Crippen LogP contribution in [0.5, 0.6) is 0 Å². The Labute approximate surface area is 78.9 Å². The maximum absolute atomic E-state index is 4.64. The number of aromatic nitrogens is 2. The molecule has 2 nitrogen and oxygen atoms in total. The Morgan fingerprint density at radius 2 is 2.23 bits per heavy atom. The second-order valence-electron chi connectivity index (χ2n) is 5.05. The first-order valence-corrected chi connectivity index (χ1v) is 5.25. The molecule has 2 heteroatoms.